The van der Waals surface area contributed by atoms with Gasteiger partial charge in [-0.3, -0.25) is 0 Å². The van der Waals surface area contributed by atoms with Crippen molar-refractivity contribution >= 4 is 12.2 Å². The number of nitrogens with zero attached hydrogens (tertiary/aromatic N) is 5. The molecule has 2 saturated heterocycles. The summed E-state index contributed by atoms with van der Waals surface area (Å²) in [5, 5.41) is 3.69. The van der Waals surface area contributed by atoms with Gasteiger partial charge in [0.25, 0.3) is 0 Å². The molecule has 0 spiro atoms. The van der Waals surface area contributed by atoms with Crippen LogP contribution in [0.15, 0.2) is 65.8 Å². The average molecular weight is 494 g/mol. The SMILES string of the molecule is C[C@H]1CN(C(=O)OCc2ccccc2)CC1N=[N+]=[N-].C[C@H]1CN(C(=O)OCc2ccccc2)C[C@@H]1C. The van der Waals surface area contributed by atoms with Crippen molar-refractivity contribution in [2.24, 2.45) is 22.9 Å². The zero-order valence-corrected chi connectivity index (χ0v) is 21.2. The highest BCUT2D eigenvalue weighted by molar-refractivity contribution is 5.68. The predicted octanol–water partition coefficient (Wildman–Crippen LogP) is 5.86. The van der Waals surface area contributed by atoms with Crippen LogP contribution in [0.1, 0.15) is 31.9 Å². The standard InChI is InChI=1S/C14H19NO2.C13H16N4O2/c1-11-8-15(9-12(11)2)14(16)17-10-13-6-4-3-5-7-13;1-10-7-17(8-12(10)15-16-14)13(18)19-9-11-5-3-2-4-6-11/h3-7,11-12H,8-10H2,1-2H3;2-6,10,12H,7-9H2,1H3/t11-,12-;10-,12?/m00/s1. The van der Waals surface area contributed by atoms with Gasteiger partial charge in [0.05, 0.1) is 6.04 Å². The molecule has 0 N–H and O–H groups in total. The Morgan fingerprint density at radius 1 is 0.778 bits per heavy atom. The zero-order valence-electron chi connectivity index (χ0n) is 21.2. The lowest BCUT2D eigenvalue weighted by atomic mass is 10.0. The van der Waals surface area contributed by atoms with Crippen LogP contribution in [0.5, 0.6) is 0 Å². The molecule has 4 rings (SSSR count). The Morgan fingerprint density at radius 3 is 1.64 bits per heavy atom. The van der Waals surface area contributed by atoms with E-state index in [2.05, 4.69) is 23.9 Å². The third kappa shape index (κ3) is 7.92. The van der Waals surface area contributed by atoms with Crippen LogP contribution in [0.2, 0.25) is 0 Å². The molecule has 0 aromatic heterocycles. The van der Waals surface area contributed by atoms with Crippen LogP contribution in [0.4, 0.5) is 9.59 Å². The third-order valence-electron chi connectivity index (χ3n) is 6.69. The molecule has 2 aliphatic heterocycles. The molecule has 0 radical (unpaired) electrons. The lowest BCUT2D eigenvalue weighted by molar-refractivity contribution is 0.102. The fourth-order valence-electron chi connectivity index (χ4n) is 4.22. The number of azide groups is 1. The topological polar surface area (TPSA) is 108 Å². The number of benzene rings is 2. The van der Waals surface area contributed by atoms with Crippen LogP contribution >= 0.6 is 0 Å². The van der Waals surface area contributed by atoms with Crippen molar-refractivity contribution < 1.29 is 19.1 Å². The van der Waals surface area contributed by atoms with Gasteiger partial charge in [-0.2, -0.15) is 0 Å². The van der Waals surface area contributed by atoms with Crippen molar-refractivity contribution in [2.45, 2.75) is 40.0 Å². The Balaban J connectivity index is 0.000000202. The first-order valence-electron chi connectivity index (χ1n) is 12.3. The van der Waals surface area contributed by atoms with Crippen LogP contribution in [-0.4, -0.2) is 54.2 Å². The number of rotatable bonds is 5. The molecule has 192 valence electrons. The Labute approximate surface area is 212 Å². The first-order valence-corrected chi connectivity index (χ1v) is 12.3. The molecule has 1 unspecified atom stereocenters. The van der Waals surface area contributed by atoms with Crippen molar-refractivity contribution in [3.63, 3.8) is 0 Å². The van der Waals surface area contributed by atoms with E-state index in [1.807, 2.05) is 67.6 Å². The third-order valence-corrected chi connectivity index (χ3v) is 6.69. The highest BCUT2D eigenvalue weighted by Gasteiger charge is 2.32. The molecule has 4 atom stereocenters. The Hall–Kier alpha value is -3.71. The summed E-state index contributed by atoms with van der Waals surface area (Å²) in [5.41, 5.74) is 10.4. The van der Waals surface area contributed by atoms with Crippen LogP contribution in [-0.2, 0) is 22.7 Å². The summed E-state index contributed by atoms with van der Waals surface area (Å²) < 4.78 is 10.5. The molecular formula is C27H35N5O4. The van der Waals surface area contributed by atoms with Gasteiger partial charge in [0.15, 0.2) is 0 Å². The average Bonchev–Trinajstić information content (AvgIpc) is 3.44. The van der Waals surface area contributed by atoms with Gasteiger partial charge in [-0.25, -0.2) is 9.59 Å². The summed E-state index contributed by atoms with van der Waals surface area (Å²) in [7, 11) is 0. The van der Waals surface area contributed by atoms with Gasteiger partial charge in [-0.05, 0) is 34.4 Å². The first kappa shape index (κ1) is 26.9. The number of ether oxygens (including phenoxy) is 2. The van der Waals surface area contributed by atoms with E-state index < -0.39 is 0 Å². The number of likely N-dealkylation sites (tertiary alicyclic amines) is 2. The van der Waals surface area contributed by atoms with Gasteiger partial charge in [0, 0.05) is 31.1 Å². The molecule has 9 heteroatoms. The fourth-order valence-corrected chi connectivity index (χ4v) is 4.22. The predicted molar refractivity (Wildman–Crippen MR) is 137 cm³/mol. The molecule has 0 bridgehead atoms. The van der Waals surface area contributed by atoms with Crippen molar-refractivity contribution in [1.82, 2.24) is 9.80 Å². The summed E-state index contributed by atoms with van der Waals surface area (Å²) in [4.78, 5) is 29.9. The maximum absolute atomic E-state index is 11.9. The molecule has 2 aromatic rings. The van der Waals surface area contributed by atoms with Gasteiger partial charge < -0.3 is 19.3 Å². The second-order valence-corrected chi connectivity index (χ2v) is 9.59. The highest BCUT2D eigenvalue weighted by atomic mass is 16.6. The summed E-state index contributed by atoms with van der Waals surface area (Å²) >= 11 is 0. The molecular weight excluding hydrogens is 458 g/mol. The summed E-state index contributed by atoms with van der Waals surface area (Å²) in [6.07, 6.45) is -0.545. The lowest BCUT2D eigenvalue weighted by Crippen LogP contribution is -2.29. The molecule has 2 aliphatic rings. The maximum Gasteiger partial charge on any atom is 0.410 e. The molecule has 2 aromatic carbocycles. The van der Waals surface area contributed by atoms with E-state index in [-0.39, 0.29) is 30.8 Å². The minimum Gasteiger partial charge on any atom is -0.445 e. The van der Waals surface area contributed by atoms with Crippen LogP contribution in [0, 0.1) is 17.8 Å². The number of hydrogen-bond donors (Lipinski definition) is 0. The van der Waals surface area contributed by atoms with Crippen LogP contribution < -0.4 is 0 Å². The molecule has 2 heterocycles. The minimum atomic E-state index is -0.355. The molecule has 2 amide bonds. The summed E-state index contributed by atoms with van der Waals surface area (Å²) in [6, 6.07) is 19.1. The van der Waals surface area contributed by atoms with Crippen molar-refractivity contribution in [3.05, 3.63) is 82.2 Å². The number of carbonyl (C=O) groups is 2. The van der Waals surface area contributed by atoms with Crippen LogP contribution in [0.25, 0.3) is 10.4 Å². The normalized spacial score (nSPS) is 22.8. The molecule has 0 aliphatic carbocycles. The van der Waals surface area contributed by atoms with Crippen LogP contribution in [0.3, 0.4) is 0 Å². The zero-order chi connectivity index (χ0) is 25.9. The Kier molecular flexibility index (Phi) is 10.0. The molecule has 36 heavy (non-hydrogen) atoms. The number of carbonyl (C=O) groups excluding carboxylic acids is 2. The Bertz CT molecular complexity index is 1020. The number of amides is 2. The van der Waals surface area contributed by atoms with E-state index >= 15 is 0 Å². The van der Waals surface area contributed by atoms with Gasteiger partial charge in [0.1, 0.15) is 13.2 Å². The van der Waals surface area contributed by atoms with Gasteiger partial charge >= 0.3 is 12.2 Å². The summed E-state index contributed by atoms with van der Waals surface area (Å²) in [5.74, 6) is 1.30. The van der Waals surface area contributed by atoms with E-state index in [9.17, 15) is 9.59 Å². The lowest BCUT2D eigenvalue weighted by Gasteiger charge is -2.15. The maximum atomic E-state index is 11.9. The first-order chi connectivity index (χ1) is 17.4. The van der Waals surface area contributed by atoms with E-state index in [4.69, 9.17) is 15.0 Å². The monoisotopic (exact) mass is 493 g/mol. The van der Waals surface area contributed by atoms with E-state index in [0.29, 0.717) is 31.5 Å². The largest absolute Gasteiger partial charge is 0.445 e. The fraction of sp³-hybridized carbons (Fsp3) is 0.481. The smallest absolute Gasteiger partial charge is 0.410 e. The van der Waals surface area contributed by atoms with Crippen molar-refractivity contribution in [2.75, 3.05) is 26.2 Å². The highest BCUT2D eigenvalue weighted by Crippen LogP contribution is 2.23. The van der Waals surface area contributed by atoms with Gasteiger partial charge in [0.2, 0.25) is 0 Å². The second-order valence-electron chi connectivity index (χ2n) is 9.59. The van der Waals surface area contributed by atoms with Gasteiger partial charge in [-0.1, -0.05) is 86.5 Å². The molecule has 9 nitrogen and oxygen atoms in total. The summed E-state index contributed by atoms with van der Waals surface area (Å²) in [6.45, 7) is 9.56. The minimum absolute atomic E-state index is 0.158. The second kappa shape index (κ2) is 13.4. The van der Waals surface area contributed by atoms with E-state index in [1.54, 1.807) is 9.80 Å². The number of hydrogen-bond acceptors (Lipinski definition) is 5. The van der Waals surface area contributed by atoms with E-state index in [0.717, 1.165) is 24.2 Å². The Morgan fingerprint density at radius 2 is 1.19 bits per heavy atom. The molecule has 0 saturated carbocycles. The van der Waals surface area contributed by atoms with Gasteiger partial charge in [-0.15, -0.1) is 0 Å². The van der Waals surface area contributed by atoms with E-state index in [1.165, 1.54) is 0 Å². The van der Waals surface area contributed by atoms with Crippen molar-refractivity contribution in [1.29, 1.82) is 0 Å². The van der Waals surface area contributed by atoms with Crippen molar-refractivity contribution in [3.8, 4) is 0 Å². The molecule has 2 fully saturated rings. The quantitative estimate of drug-likeness (QED) is 0.295.